The standard InChI is InChI=1S/C24H21ClN2O2/c25-20-13-10-19(11-14-20)12-15-23(28)27-22-9-5-4-8-21(22)24(29)26-17-16-18-6-2-1-3-7-18/h1-15H,16-17H2,(H,26,29)(H,27,28)/b15-12+. The summed E-state index contributed by atoms with van der Waals surface area (Å²) in [4.78, 5) is 24.8. The summed E-state index contributed by atoms with van der Waals surface area (Å²) in [6.45, 7) is 0.515. The minimum Gasteiger partial charge on any atom is -0.352 e. The van der Waals surface area contributed by atoms with Gasteiger partial charge in [-0.15, -0.1) is 0 Å². The van der Waals surface area contributed by atoms with E-state index in [0.717, 1.165) is 17.5 Å². The lowest BCUT2D eigenvalue weighted by molar-refractivity contribution is -0.111. The van der Waals surface area contributed by atoms with E-state index in [-0.39, 0.29) is 11.8 Å². The molecule has 2 amide bonds. The lowest BCUT2D eigenvalue weighted by Crippen LogP contribution is -2.27. The third-order valence-corrected chi connectivity index (χ3v) is 4.52. The predicted octanol–water partition coefficient (Wildman–Crippen LogP) is 4.96. The van der Waals surface area contributed by atoms with Crippen molar-refractivity contribution in [1.29, 1.82) is 0 Å². The molecule has 0 bridgehead atoms. The van der Waals surface area contributed by atoms with Gasteiger partial charge in [-0.25, -0.2) is 0 Å². The third-order valence-electron chi connectivity index (χ3n) is 4.27. The summed E-state index contributed by atoms with van der Waals surface area (Å²) in [5.41, 5.74) is 2.91. The maximum absolute atomic E-state index is 12.6. The van der Waals surface area contributed by atoms with E-state index in [9.17, 15) is 9.59 Å². The van der Waals surface area contributed by atoms with Gasteiger partial charge < -0.3 is 10.6 Å². The molecule has 0 aliphatic rings. The molecular formula is C24H21ClN2O2. The van der Waals surface area contributed by atoms with E-state index < -0.39 is 0 Å². The molecular weight excluding hydrogens is 384 g/mol. The van der Waals surface area contributed by atoms with Crippen molar-refractivity contribution in [2.75, 3.05) is 11.9 Å². The van der Waals surface area contributed by atoms with Crippen molar-refractivity contribution in [2.24, 2.45) is 0 Å². The summed E-state index contributed by atoms with van der Waals surface area (Å²) in [6, 6.07) is 24.0. The van der Waals surface area contributed by atoms with Crippen molar-refractivity contribution >= 4 is 35.2 Å². The SMILES string of the molecule is O=C(/C=C/c1ccc(Cl)cc1)Nc1ccccc1C(=O)NCCc1ccccc1. The zero-order chi connectivity index (χ0) is 20.5. The Hall–Kier alpha value is -3.37. The van der Waals surface area contributed by atoms with Crippen LogP contribution >= 0.6 is 11.6 Å². The smallest absolute Gasteiger partial charge is 0.253 e. The van der Waals surface area contributed by atoms with Gasteiger partial charge in [0.05, 0.1) is 11.3 Å². The van der Waals surface area contributed by atoms with E-state index in [1.807, 2.05) is 42.5 Å². The predicted molar refractivity (Wildman–Crippen MR) is 118 cm³/mol. The number of nitrogens with one attached hydrogen (secondary N) is 2. The number of hydrogen-bond donors (Lipinski definition) is 2. The van der Waals surface area contributed by atoms with Gasteiger partial charge in [-0.3, -0.25) is 9.59 Å². The van der Waals surface area contributed by atoms with Gasteiger partial charge in [0, 0.05) is 17.6 Å². The number of carbonyl (C=O) groups excluding carboxylic acids is 2. The minimum absolute atomic E-state index is 0.224. The zero-order valence-corrected chi connectivity index (χ0v) is 16.5. The molecule has 29 heavy (non-hydrogen) atoms. The first-order valence-corrected chi connectivity index (χ1v) is 9.65. The second-order valence-electron chi connectivity index (χ2n) is 6.41. The fourth-order valence-electron chi connectivity index (χ4n) is 2.77. The van der Waals surface area contributed by atoms with Crippen LogP contribution in [-0.2, 0) is 11.2 Å². The van der Waals surface area contributed by atoms with Crippen LogP contribution in [0, 0.1) is 0 Å². The summed E-state index contributed by atoms with van der Waals surface area (Å²) in [5, 5.41) is 6.31. The van der Waals surface area contributed by atoms with Crippen LogP contribution in [0.5, 0.6) is 0 Å². The van der Waals surface area contributed by atoms with Crippen molar-refractivity contribution in [3.05, 3.63) is 107 Å². The highest BCUT2D eigenvalue weighted by Crippen LogP contribution is 2.16. The Morgan fingerprint density at radius 1 is 0.862 bits per heavy atom. The number of rotatable bonds is 7. The van der Waals surface area contributed by atoms with E-state index in [1.165, 1.54) is 6.08 Å². The fraction of sp³-hybridized carbons (Fsp3) is 0.0833. The maximum Gasteiger partial charge on any atom is 0.253 e. The van der Waals surface area contributed by atoms with Crippen LogP contribution in [0.1, 0.15) is 21.5 Å². The molecule has 0 saturated carbocycles. The first-order valence-electron chi connectivity index (χ1n) is 9.27. The van der Waals surface area contributed by atoms with Crippen LogP contribution in [0.4, 0.5) is 5.69 Å². The highest BCUT2D eigenvalue weighted by Gasteiger charge is 2.11. The van der Waals surface area contributed by atoms with Gasteiger partial charge in [0.15, 0.2) is 0 Å². The molecule has 0 unspecified atom stereocenters. The Morgan fingerprint density at radius 2 is 1.55 bits per heavy atom. The molecule has 2 N–H and O–H groups in total. The lowest BCUT2D eigenvalue weighted by Gasteiger charge is -2.10. The molecule has 3 rings (SSSR count). The van der Waals surface area contributed by atoms with Crippen molar-refractivity contribution < 1.29 is 9.59 Å². The summed E-state index contributed by atoms with van der Waals surface area (Å²) in [7, 11) is 0. The summed E-state index contributed by atoms with van der Waals surface area (Å²) in [6.07, 6.45) is 3.85. The average Bonchev–Trinajstić information content (AvgIpc) is 2.74. The molecule has 146 valence electrons. The topological polar surface area (TPSA) is 58.2 Å². The van der Waals surface area contributed by atoms with E-state index in [2.05, 4.69) is 10.6 Å². The molecule has 0 heterocycles. The Morgan fingerprint density at radius 3 is 2.31 bits per heavy atom. The van der Waals surface area contributed by atoms with Crippen LogP contribution in [0.3, 0.4) is 0 Å². The number of anilines is 1. The van der Waals surface area contributed by atoms with Crippen LogP contribution < -0.4 is 10.6 Å². The van der Waals surface area contributed by atoms with Gasteiger partial charge in [-0.05, 0) is 47.9 Å². The van der Waals surface area contributed by atoms with E-state index >= 15 is 0 Å². The van der Waals surface area contributed by atoms with Gasteiger partial charge in [0.1, 0.15) is 0 Å². The second kappa shape index (κ2) is 10.2. The lowest BCUT2D eigenvalue weighted by atomic mass is 10.1. The van der Waals surface area contributed by atoms with E-state index in [1.54, 1.807) is 42.5 Å². The highest BCUT2D eigenvalue weighted by molar-refractivity contribution is 6.30. The summed E-state index contributed by atoms with van der Waals surface area (Å²) >= 11 is 5.86. The third kappa shape index (κ3) is 6.33. The second-order valence-corrected chi connectivity index (χ2v) is 6.85. The molecule has 0 aliphatic heterocycles. The quantitative estimate of drug-likeness (QED) is 0.546. The maximum atomic E-state index is 12.6. The Balaban J connectivity index is 1.59. The van der Waals surface area contributed by atoms with E-state index in [4.69, 9.17) is 11.6 Å². The van der Waals surface area contributed by atoms with Crippen LogP contribution in [0.25, 0.3) is 6.08 Å². The molecule has 0 spiro atoms. The average molecular weight is 405 g/mol. The summed E-state index contributed by atoms with van der Waals surface area (Å²) < 4.78 is 0. The van der Waals surface area contributed by atoms with Crippen LogP contribution in [0.15, 0.2) is 84.9 Å². The molecule has 3 aromatic carbocycles. The first kappa shape index (κ1) is 20.4. The molecule has 0 fully saturated rings. The molecule has 4 nitrogen and oxygen atoms in total. The summed E-state index contributed by atoms with van der Waals surface area (Å²) in [5.74, 6) is -0.539. The number of halogens is 1. The van der Waals surface area contributed by atoms with Crippen molar-refractivity contribution in [1.82, 2.24) is 5.32 Å². The van der Waals surface area contributed by atoms with E-state index in [0.29, 0.717) is 22.8 Å². The number of para-hydroxylation sites is 1. The first-order chi connectivity index (χ1) is 14.1. The number of benzene rings is 3. The minimum atomic E-state index is -0.315. The van der Waals surface area contributed by atoms with Crippen molar-refractivity contribution in [3.8, 4) is 0 Å². The van der Waals surface area contributed by atoms with Crippen LogP contribution in [0.2, 0.25) is 5.02 Å². The zero-order valence-electron chi connectivity index (χ0n) is 15.8. The fourth-order valence-corrected chi connectivity index (χ4v) is 2.90. The molecule has 0 saturated heterocycles. The normalized spacial score (nSPS) is 10.7. The molecule has 0 aliphatic carbocycles. The number of hydrogen-bond acceptors (Lipinski definition) is 2. The van der Waals surface area contributed by atoms with Gasteiger partial charge in [0.2, 0.25) is 5.91 Å². The monoisotopic (exact) mass is 404 g/mol. The molecule has 5 heteroatoms. The largest absolute Gasteiger partial charge is 0.352 e. The number of carbonyl (C=O) groups is 2. The Bertz CT molecular complexity index is 999. The van der Waals surface area contributed by atoms with Gasteiger partial charge in [0.25, 0.3) is 5.91 Å². The van der Waals surface area contributed by atoms with Gasteiger partial charge >= 0.3 is 0 Å². The van der Waals surface area contributed by atoms with Crippen molar-refractivity contribution in [2.45, 2.75) is 6.42 Å². The van der Waals surface area contributed by atoms with Gasteiger partial charge in [-0.1, -0.05) is 66.2 Å². The molecule has 3 aromatic rings. The highest BCUT2D eigenvalue weighted by atomic mass is 35.5. The number of amides is 2. The molecule has 0 atom stereocenters. The van der Waals surface area contributed by atoms with Crippen LogP contribution in [-0.4, -0.2) is 18.4 Å². The Kier molecular flexibility index (Phi) is 7.20. The molecule has 0 radical (unpaired) electrons. The van der Waals surface area contributed by atoms with Crippen molar-refractivity contribution in [3.63, 3.8) is 0 Å². The van der Waals surface area contributed by atoms with Gasteiger partial charge in [-0.2, -0.15) is 0 Å². The Labute approximate surface area is 175 Å². The molecule has 0 aromatic heterocycles.